The highest BCUT2D eigenvalue weighted by molar-refractivity contribution is 6.36. The Kier molecular flexibility index (Phi) is 5.22. The molecule has 0 saturated carbocycles. The summed E-state index contributed by atoms with van der Waals surface area (Å²) in [7, 11) is 1.63. The Morgan fingerprint density at radius 1 is 1.04 bits per heavy atom. The van der Waals surface area contributed by atoms with E-state index in [0.29, 0.717) is 33.5 Å². The average Bonchev–Trinajstić information content (AvgIpc) is 3.07. The Bertz CT molecular complexity index is 1110. The molecule has 4 aromatic rings. The van der Waals surface area contributed by atoms with Crippen molar-refractivity contribution in [2.75, 3.05) is 7.11 Å². The van der Waals surface area contributed by atoms with Crippen LogP contribution in [0.3, 0.4) is 0 Å². The largest absolute Gasteiger partial charge is 0.497 e. The molecule has 0 aliphatic rings. The van der Waals surface area contributed by atoms with Gasteiger partial charge in [0.05, 0.1) is 13.7 Å². The van der Waals surface area contributed by atoms with Crippen molar-refractivity contribution in [2.24, 2.45) is 0 Å². The van der Waals surface area contributed by atoms with Gasteiger partial charge in [0.2, 0.25) is 0 Å². The summed E-state index contributed by atoms with van der Waals surface area (Å²) in [6.07, 6.45) is 0.637. The van der Waals surface area contributed by atoms with Crippen LogP contribution in [0.15, 0.2) is 60.8 Å². The first kappa shape index (κ1) is 18.7. The molecule has 5 nitrogen and oxygen atoms in total. The number of aliphatic hydroxyl groups is 1. The highest BCUT2D eigenvalue weighted by Crippen LogP contribution is 2.36. The Labute approximate surface area is 172 Å². The monoisotopic (exact) mass is 413 g/mol. The number of methoxy groups -OCH3 is 1. The van der Waals surface area contributed by atoms with Gasteiger partial charge in [-0.2, -0.15) is 5.10 Å². The van der Waals surface area contributed by atoms with Crippen LogP contribution in [0, 0.1) is 0 Å². The fraction of sp³-hybridized carbons (Fsp3) is 0.143. The van der Waals surface area contributed by atoms with Crippen LogP contribution in [-0.2, 0) is 6.54 Å². The lowest BCUT2D eigenvalue weighted by atomic mass is 10.0. The summed E-state index contributed by atoms with van der Waals surface area (Å²) in [5.41, 5.74) is 2.61. The molecule has 2 aromatic heterocycles. The third-order valence-electron chi connectivity index (χ3n) is 4.56. The molecule has 0 aliphatic heterocycles. The first-order valence-corrected chi connectivity index (χ1v) is 9.40. The van der Waals surface area contributed by atoms with Crippen molar-refractivity contribution in [2.45, 2.75) is 12.6 Å². The predicted octanol–water partition coefficient (Wildman–Crippen LogP) is 4.88. The molecule has 0 saturated heterocycles. The van der Waals surface area contributed by atoms with Gasteiger partial charge in [-0.15, -0.1) is 0 Å². The van der Waals surface area contributed by atoms with E-state index in [1.807, 2.05) is 36.4 Å². The summed E-state index contributed by atoms with van der Waals surface area (Å²) in [5, 5.41) is 17.2. The molecule has 0 bridgehead atoms. The number of pyridine rings is 1. The zero-order chi connectivity index (χ0) is 19.7. The first-order valence-electron chi connectivity index (χ1n) is 8.65. The number of fused-ring (bicyclic) bond motifs is 1. The normalized spacial score (nSPS) is 12.3. The van der Waals surface area contributed by atoms with Crippen molar-refractivity contribution < 1.29 is 9.84 Å². The summed E-state index contributed by atoms with van der Waals surface area (Å²) in [5.74, 6) is 0.789. The number of ether oxygens (including phenoxy) is 1. The van der Waals surface area contributed by atoms with E-state index in [-0.39, 0.29) is 0 Å². The lowest BCUT2D eigenvalue weighted by Crippen LogP contribution is -2.06. The quantitative estimate of drug-likeness (QED) is 0.506. The minimum absolute atomic E-state index is 0.391. The number of benzene rings is 2. The maximum atomic E-state index is 11.0. The van der Waals surface area contributed by atoms with E-state index >= 15 is 0 Å². The summed E-state index contributed by atoms with van der Waals surface area (Å²) in [6.45, 7) is 0.500. The van der Waals surface area contributed by atoms with Crippen LogP contribution in [-0.4, -0.2) is 27.0 Å². The van der Waals surface area contributed by atoms with Crippen molar-refractivity contribution in [1.29, 1.82) is 0 Å². The van der Waals surface area contributed by atoms with E-state index in [0.717, 1.165) is 16.7 Å². The molecule has 2 heterocycles. The van der Waals surface area contributed by atoms with Gasteiger partial charge in [-0.1, -0.05) is 41.4 Å². The van der Waals surface area contributed by atoms with Gasteiger partial charge in [-0.25, -0.2) is 9.67 Å². The second-order valence-electron chi connectivity index (χ2n) is 6.30. The lowest BCUT2D eigenvalue weighted by Gasteiger charge is -2.12. The fourth-order valence-corrected chi connectivity index (χ4v) is 3.76. The van der Waals surface area contributed by atoms with E-state index in [4.69, 9.17) is 27.9 Å². The summed E-state index contributed by atoms with van der Waals surface area (Å²) in [4.78, 5) is 4.45. The number of rotatable bonds is 5. The molecule has 1 unspecified atom stereocenters. The highest BCUT2D eigenvalue weighted by atomic mass is 35.5. The van der Waals surface area contributed by atoms with Gasteiger partial charge >= 0.3 is 0 Å². The second kappa shape index (κ2) is 7.80. The van der Waals surface area contributed by atoms with E-state index < -0.39 is 6.10 Å². The summed E-state index contributed by atoms with van der Waals surface area (Å²) < 4.78 is 6.97. The number of halogens is 2. The van der Waals surface area contributed by atoms with Gasteiger partial charge in [0, 0.05) is 27.2 Å². The van der Waals surface area contributed by atoms with Crippen LogP contribution in [0.4, 0.5) is 0 Å². The number of hydrogen-bond donors (Lipinski definition) is 1. The van der Waals surface area contributed by atoms with Gasteiger partial charge in [-0.3, -0.25) is 0 Å². The van der Waals surface area contributed by atoms with Crippen LogP contribution in [0.5, 0.6) is 5.75 Å². The van der Waals surface area contributed by atoms with Crippen molar-refractivity contribution in [3.63, 3.8) is 0 Å². The van der Waals surface area contributed by atoms with Gasteiger partial charge in [0.1, 0.15) is 17.5 Å². The van der Waals surface area contributed by atoms with E-state index in [2.05, 4.69) is 10.1 Å². The third kappa shape index (κ3) is 3.44. The molecule has 0 spiro atoms. The molecular formula is C21H17Cl2N3O2. The zero-order valence-electron chi connectivity index (χ0n) is 15.0. The summed E-state index contributed by atoms with van der Waals surface area (Å²) in [6, 6.07) is 16.5. The smallest absolute Gasteiger partial charge is 0.158 e. The number of nitrogens with zero attached hydrogens (tertiary/aromatic N) is 3. The molecule has 1 atom stereocenters. The van der Waals surface area contributed by atoms with Gasteiger partial charge in [0.15, 0.2) is 5.65 Å². The Morgan fingerprint density at radius 2 is 1.75 bits per heavy atom. The molecule has 0 fully saturated rings. The van der Waals surface area contributed by atoms with Gasteiger partial charge < -0.3 is 9.84 Å². The number of hydrogen-bond acceptors (Lipinski definition) is 4. The van der Waals surface area contributed by atoms with Crippen LogP contribution in [0.1, 0.15) is 22.9 Å². The maximum absolute atomic E-state index is 11.0. The second-order valence-corrected chi connectivity index (χ2v) is 7.12. The Morgan fingerprint density at radius 3 is 2.43 bits per heavy atom. The lowest BCUT2D eigenvalue weighted by molar-refractivity contribution is 0.216. The van der Waals surface area contributed by atoms with E-state index in [1.54, 1.807) is 36.2 Å². The minimum Gasteiger partial charge on any atom is -0.497 e. The molecule has 28 heavy (non-hydrogen) atoms. The Balaban J connectivity index is 1.78. The molecular weight excluding hydrogens is 397 g/mol. The van der Waals surface area contributed by atoms with Crippen LogP contribution >= 0.6 is 23.2 Å². The van der Waals surface area contributed by atoms with Crippen LogP contribution in [0.25, 0.3) is 11.0 Å². The number of aliphatic hydroxyl groups excluding tert-OH is 1. The zero-order valence-corrected chi connectivity index (χ0v) is 16.5. The summed E-state index contributed by atoms with van der Waals surface area (Å²) >= 11 is 12.6. The van der Waals surface area contributed by atoms with Gasteiger partial charge in [-0.05, 0) is 42.0 Å². The SMILES string of the molecule is COc1ccc(Cn2nc(C(O)c3c(Cl)cccc3Cl)c3cccnc32)cc1. The molecule has 0 amide bonds. The third-order valence-corrected chi connectivity index (χ3v) is 5.22. The first-order chi connectivity index (χ1) is 13.6. The minimum atomic E-state index is -1.06. The van der Waals surface area contributed by atoms with E-state index in [1.165, 1.54) is 0 Å². The Hall–Kier alpha value is -2.60. The molecule has 0 aliphatic carbocycles. The predicted molar refractivity (Wildman–Crippen MR) is 110 cm³/mol. The fourth-order valence-electron chi connectivity index (χ4n) is 3.16. The maximum Gasteiger partial charge on any atom is 0.158 e. The van der Waals surface area contributed by atoms with Crippen LogP contribution in [0.2, 0.25) is 10.0 Å². The molecule has 4 rings (SSSR count). The molecule has 2 aromatic carbocycles. The highest BCUT2D eigenvalue weighted by Gasteiger charge is 2.24. The van der Waals surface area contributed by atoms with Crippen molar-refractivity contribution in [3.8, 4) is 5.75 Å². The molecule has 7 heteroatoms. The van der Waals surface area contributed by atoms with Crippen LogP contribution < -0.4 is 4.74 Å². The van der Waals surface area contributed by atoms with Gasteiger partial charge in [0.25, 0.3) is 0 Å². The van der Waals surface area contributed by atoms with E-state index in [9.17, 15) is 5.11 Å². The number of aromatic nitrogens is 3. The van der Waals surface area contributed by atoms with Crippen molar-refractivity contribution in [1.82, 2.24) is 14.8 Å². The van der Waals surface area contributed by atoms with Crippen molar-refractivity contribution >= 4 is 34.2 Å². The average molecular weight is 414 g/mol. The van der Waals surface area contributed by atoms with Crippen molar-refractivity contribution in [3.05, 3.63) is 87.7 Å². The topological polar surface area (TPSA) is 60.2 Å². The molecule has 1 N–H and O–H groups in total. The molecule has 142 valence electrons. The molecule has 0 radical (unpaired) electrons. The standard InChI is InChI=1S/C21H17Cl2N3O2/c1-28-14-9-7-13(8-10-14)12-26-21-15(4-3-11-24-21)19(25-26)20(27)18-16(22)5-2-6-17(18)23/h2-11,20,27H,12H2,1H3.